The second-order valence-corrected chi connectivity index (χ2v) is 7.68. The highest BCUT2D eigenvalue weighted by molar-refractivity contribution is 7.20. The second-order valence-electron chi connectivity index (χ2n) is 6.68. The summed E-state index contributed by atoms with van der Waals surface area (Å²) in [5.41, 5.74) is 2.88. The van der Waals surface area contributed by atoms with Crippen LogP contribution in [0.4, 0.5) is 0 Å². The number of para-hydroxylation sites is 1. The van der Waals surface area contributed by atoms with Gasteiger partial charge in [0.15, 0.2) is 0 Å². The van der Waals surface area contributed by atoms with Crippen LogP contribution in [0, 0.1) is 13.8 Å². The number of aromatic amines is 1. The summed E-state index contributed by atoms with van der Waals surface area (Å²) in [7, 11) is 2.03. The summed E-state index contributed by atoms with van der Waals surface area (Å²) >= 11 is 1.27. The van der Waals surface area contributed by atoms with Crippen LogP contribution in [-0.2, 0) is 13.5 Å². The number of rotatable bonds is 4. The zero-order chi connectivity index (χ0) is 19.1. The maximum Gasteiger partial charge on any atom is 0.261 e. The number of amides is 1. The molecule has 27 heavy (non-hydrogen) atoms. The third-order valence-electron chi connectivity index (χ3n) is 4.78. The van der Waals surface area contributed by atoms with E-state index in [4.69, 9.17) is 0 Å². The van der Waals surface area contributed by atoms with Crippen molar-refractivity contribution in [3.05, 3.63) is 62.6 Å². The van der Waals surface area contributed by atoms with E-state index in [0.29, 0.717) is 33.0 Å². The predicted molar refractivity (Wildman–Crippen MR) is 109 cm³/mol. The van der Waals surface area contributed by atoms with Crippen molar-refractivity contribution in [3.8, 4) is 0 Å². The lowest BCUT2D eigenvalue weighted by molar-refractivity contribution is 0.0957. The van der Waals surface area contributed by atoms with E-state index in [2.05, 4.69) is 38.2 Å². The molecule has 3 aromatic heterocycles. The highest BCUT2D eigenvalue weighted by Crippen LogP contribution is 2.27. The quantitative estimate of drug-likeness (QED) is 0.571. The molecular weight excluding hydrogens is 360 g/mol. The Balaban J connectivity index is 1.53. The molecule has 1 aromatic carbocycles. The van der Waals surface area contributed by atoms with E-state index >= 15 is 0 Å². The Labute approximate surface area is 159 Å². The molecule has 7 heteroatoms. The van der Waals surface area contributed by atoms with Crippen molar-refractivity contribution >= 4 is 38.4 Å². The van der Waals surface area contributed by atoms with E-state index < -0.39 is 0 Å². The monoisotopic (exact) mass is 380 g/mol. The summed E-state index contributed by atoms with van der Waals surface area (Å²) < 4.78 is 2.10. The van der Waals surface area contributed by atoms with Crippen LogP contribution in [0.25, 0.3) is 21.1 Å². The molecule has 0 aliphatic rings. The van der Waals surface area contributed by atoms with Crippen molar-refractivity contribution in [2.45, 2.75) is 20.3 Å². The Bertz CT molecular complexity index is 1230. The normalized spacial score (nSPS) is 11.4. The number of benzene rings is 1. The summed E-state index contributed by atoms with van der Waals surface area (Å²) in [5.74, 6) is 0.393. The summed E-state index contributed by atoms with van der Waals surface area (Å²) in [4.78, 5) is 33.0. The fraction of sp³-hybridized carbons (Fsp3) is 0.250. The fourth-order valence-electron chi connectivity index (χ4n) is 3.48. The van der Waals surface area contributed by atoms with Crippen molar-refractivity contribution in [3.63, 3.8) is 0 Å². The number of aryl methyl sites for hydroxylation is 3. The van der Waals surface area contributed by atoms with Crippen molar-refractivity contribution in [1.82, 2.24) is 19.9 Å². The highest BCUT2D eigenvalue weighted by Gasteiger charge is 2.18. The van der Waals surface area contributed by atoms with Crippen LogP contribution in [-0.4, -0.2) is 27.0 Å². The molecule has 2 N–H and O–H groups in total. The number of nitrogens with zero attached hydrogens (tertiary/aromatic N) is 2. The van der Waals surface area contributed by atoms with Gasteiger partial charge in [-0.1, -0.05) is 18.2 Å². The molecule has 0 saturated carbocycles. The van der Waals surface area contributed by atoms with Gasteiger partial charge in [-0.25, -0.2) is 4.98 Å². The molecule has 0 radical (unpaired) electrons. The van der Waals surface area contributed by atoms with E-state index in [1.54, 1.807) is 13.8 Å². The summed E-state index contributed by atoms with van der Waals surface area (Å²) in [5, 5.41) is 4.69. The maximum absolute atomic E-state index is 12.6. The number of thiophene rings is 1. The molecule has 1 amide bonds. The minimum atomic E-state index is -0.193. The van der Waals surface area contributed by atoms with Gasteiger partial charge in [0.05, 0.1) is 10.3 Å². The van der Waals surface area contributed by atoms with Crippen molar-refractivity contribution in [2.75, 3.05) is 6.54 Å². The Morgan fingerprint density at radius 3 is 2.89 bits per heavy atom. The molecule has 4 rings (SSSR count). The van der Waals surface area contributed by atoms with Gasteiger partial charge in [-0.05, 0) is 37.5 Å². The molecule has 0 saturated heterocycles. The zero-order valence-electron chi connectivity index (χ0n) is 15.4. The number of hydrogen-bond donors (Lipinski definition) is 2. The standard InChI is InChI=1S/C20H20N4O2S/c1-11-16-18(25)22-12(2)23-20(16)27-17(11)19(26)21-9-8-13-10-24(3)15-7-5-4-6-14(13)15/h4-7,10H,8-9H2,1-3H3,(H,21,26)(H,22,23,25). The lowest BCUT2D eigenvalue weighted by Gasteiger charge is -2.04. The number of hydrogen-bond acceptors (Lipinski definition) is 4. The third kappa shape index (κ3) is 3.04. The van der Waals surface area contributed by atoms with Crippen molar-refractivity contribution in [2.24, 2.45) is 7.05 Å². The van der Waals surface area contributed by atoms with Gasteiger partial charge in [0.1, 0.15) is 10.7 Å². The lowest BCUT2D eigenvalue weighted by Crippen LogP contribution is -2.25. The second kappa shape index (κ2) is 6.66. The average Bonchev–Trinajstić information content (AvgIpc) is 3.13. The van der Waals surface area contributed by atoms with Crippen LogP contribution in [0.3, 0.4) is 0 Å². The first kappa shape index (κ1) is 17.5. The molecule has 0 aliphatic carbocycles. The number of H-pyrrole nitrogens is 1. The molecule has 0 aliphatic heterocycles. The first-order valence-electron chi connectivity index (χ1n) is 8.77. The molecule has 138 valence electrons. The van der Waals surface area contributed by atoms with Gasteiger partial charge in [-0.15, -0.1) is 11.3 Å². The summed E-state index contributed by atoms with van der Waals surface area (Å²) in [6.45, 7) is 4.06. The Kier molecular flexibility index (Phi) is 4.31. The van der Waals surface area contributed by atoms with E-state index in [9.17, 15) is 9.59 Å². The van der Waals surface area contributed by atoms with Crippen LogP contribution >= 0.6 is 11.3 Å². The topological polar surface area (TPSA) is 79.8 Å². The number of fused-ring (bicyclic) bond motifs is 2. The number of carbonyl (C=O) groups is 1. The minimum Gasteiger partial charge on any atom is -0.351 e. The maximum atomic E-state index is 12.6. The van der Waals surface area contributed by atoms with Gasteiger partial charge in [-0.2, -0.15) is 0 Å². The SMILES string of the molecule is Cc1nc2sc(C(=O)NCCc3cn(C)c4ccccc34)c(C)c2c(=O)[nH]1. The van der Waals surface area contributed by atoms with Crippen LogP contribution < -0.4 is 10.9 Å². The van der Waals surface area contributed by atoms with E-state index in [0.717, 1.165) is 6.42 Å². The van der Waals surface area contributed by atoms with E-state index in [1.165, 1.54) is 27.8 Å². The largest absolute Gasteiger partial charge is 0.351 e. The fourth-order valence-corrected chi connectivity index (χ4v) is 4.63. The summed E-state index contributed by atoms with van der Waals surface area (Å²) in [6, 6.07) is 8.24. The van der Waals surface area contributed by atoms with Gasteiger partial charge >= 0.3 is 0 Å². The van der Waals surface area contributed by atoms with Gasteiger partial charge in [0, 0.05) is 30.7 Å². The average molecular weight is 380 g/mol. The molecule has 0 unspecified atom stereocenters. The zero-order valence-corrected chi connectivity index (χ0v) is 16.2. The van der Waals surface area contributed by atoms with Gasteiger partial charge in [0.2, 0.25) is 0 Å². The first-order chi connectivity index (χ1) is 13.0. The van der Waals surface area contributed by atoms with E-state index in [-0.39, 0.29) is 11.5 Å². The van der Waals surface area contributed by atoms with Gasteiger partial charge in [0.25, 0.3) is 11.5 Å². The Hall–Kier alpha value is -2.93. The number of nitrogens with one attached hydrogen (secondary N) is 2. The number of carbonyl (C=O) groups excluding carboxylic acids is 1. The lowest BCUT2D eigenvalue weighted by atomic mass is 10.1. The van der Waals surface area contributed by atoms with Crippen LogP contribution in [0.2, 0.25) is 0 Å². The molecule has 4 aromatic rings. The molecule has 3 heterocycles. The molecule has 0 atom stereocenters. The highest BCUT2D eigenvalue weighted by atomic mass is 32.1. The molecule has 6 nitrogen and oxygen atoms in total. The van der Waals surface area contributed by atoms with Crippen LogP contribution in [0.1, 0.15) is 26.6 Å². The molecule has 0 spiro atoms. The van der Waals surface area contributed by atoms with Gasteiger partial charge in [-0.3, -0.25) is 9.59 Å². The number of aromatic nitrogens is 3. The molecular formula is C20H20N4O2S. The van der Waals surface area contributed by atoms with Crippen molar-refractivity contribution in [1.29, 1.82) is 0 Å². The van der Waals surface area contributed by atoms with Crippen molar-refractivity contribution < 1.29 is 4.79 Å². The minimum absolute atomic E-state index is 0.159. The van der Waals surface area contributed by atoms with E-state index in [1.807, 2.05) is 19.2 Å². The van der Waals surface area contributed by atoms with Gasteiger partial charge < -0.3 is 14.9 Å². The third-order valence-corrected chi connectivity index (χ3v) is 5.97. The molecule has 0 fully saturated rings. The smallest absolute Gasteiger partial charge is 0.261 e. The Morgan fingerprint density at radius 2 is 2.07 bits per heavy atom. The predicted octanol–water partition coefficient (Wildman–Crippen LogP) is 3.07. The Morgan fingerprint density at radius 1 is 1.30 bits per heavy atom. The van der Waals surface area contributed by atoms with Crippen LogP contribution in [0.5, 0.6) is 0 Å². The summed E-state index contributed by atoms with van der Waals surface area (Å²) in [6.07, 6.45) is 2.85. The first-order valence-corrected chi connectivity index (χ1v) is 9.58. The van der Waals surface area contributed by atoms with Crippen LogP contribution in [0.15, 0.2) is 35.3 Å². The molecule has 0 bridgehead atoms.